The first-order valence-electron chi connectivity index (χ1n) is 5.81. The Morgan fingerprint density at radius 1 is 1.33 bits per heavy atom. The van der Waals surface area contributed by atoms with Gasteiger partial charge in [-0.1, -0.05) is 37.3 Å². The standard InChI is InChI=1S/C13H15N3O2/c1-10(2)12-8-16(15-14-12)9-13(17)18-11-6-4-3-5-7-11/h3-8,10H,9H2,1-2H3. The van der Waals surface area contributed by atoms with Crippen LogP contribution in [0.4, 0.5) is 0 Å². The maximum absolute atomic E-state index is 11.7. The van der Waals surface area contributed by atoms with Crippen LogP contribution in [-0.4, -0.2) is 21.0 Å². The molecule has 0 aliphatic heterocycles. The number of carbonyl (C=O) groups excluding carboxylic acids is 1. The van der Waals surface area contributed by atoms with Crippen LogP contribution in [0.2, 0.25) is 0 Å². The Morgan fingerprint density at radius 3 is 2.67 bits per heavy atom. The lowest BCUT2D eigenvalue weighted by atomic mass is 10.2. The van der Waals surface area contributed by atoms with Gasteiger partial charge in [0.15, 0.2) is 0 Å². The topological polar surface area (TPSA) is 57.0 Å². The van der Waals surface area contributed by atoms with Crippen LogP contribution in [0.25, 0.3) is 0 Å². The zero-order chi connectivity index (χ0) is 13.0. The van der Waals surface area contributed by atoms with Gasteiger partial charge in [-0.15, -0.1) is 5.10 Å². The van der Waals surface area contributed by atoms with Gasteiger partial charge in [0.1, 0.15) is 12.3 Å². The highest BCUT2D eigenvalue weighted by molar-refractivity contribution is 5.71. The zero-order valence-electron chi connectivity index (χ0n) is 10.4. The quantitative estimate of drug-likeness (QED) is 0.610. The number of benzene rings is 1. The minimum Gasteiger partial charge on any atom is -0.425 e. The monoisotopic (exact) mass is 245 g/mol. The molecule has 0 radical (unpaired) electrons. The van der Waals surface area contributed by atoms with Crippen molar-refractivity contribution in [3.63, 3.8) is 0 Å². The van der Waals surface area contributed by atoms with Gasteiger partial charge in [-0.2, -0.15) is 0 Å². The van der Waals surface area contributed by atoms with E-state index in [1.165, 1.54) is 4.68 Å². The van der Waals surface area contributed by atoms with Gasteiger partial charge >= 0.3 is 5.97 Å². The summed E-state index contributed by atoms with van der Waals surface area (Å²) in [4.78, 5) is 11.7. The Hall–Kier alpha value is -2.17. The van der Waals surface area contributed by atoms with Gasteiger partial charge in [0, 0.05) is 6.20 Å². The molecular weight excluding hydrogens is 230 g/mol. The van der Waals surface area contributed by atoms with E-state index in [0.29, 0.717) is 11.7 Å². The SMILES string of the molecule is CC(C)c1cn(CC(=O)Oc2ccccc2)nn1. The molecule has 1 heterocycles. The molecule has 0 aliphatic rings. The smallest absolute Gasteiger partial charge is 0.333 e. The third-order valence-electron chi connectivity index (χ3n) is 2.41. The zero-order valence-corrected chi connectivity index (χ0v) is 10.4. The summed E-state index contributed by atoms with van der Waals surface area (Å²) in [7, 11) is 0. The molecule has 0 aliphatic carbocycles. The van der Waals surface area contributed by atoms with Crippen molar-refractivity contribution in [2.24, 2.45) is 0 Å². The number of rotatable bonds is 4. The molecular formula is C13H15N3O2. The first-order valence-corrected chi connectivity index (χ1v) is 5.81. The fourth-order valence-corrected chi connectivity index (χ4v) is 1.44. The number of carbonyl (C=O) groups is 1. The molecule has 0 fully saturated rings. The molecule has 0 amide bonds. The lowest BCUT2D eigenvalue weighted by Crippen LogP contribution is -2.16. The van der Waals surface area contributed by atoms with Gasteiger partial charge in [-0.3, -0.25) is 0 Å². The minimum absolute atomic E-state index is 0.0641. The van der Waals surface area contributed by atoms with Crippen LogP contribution in [0.3, 0.4) is 0 Å². The number of hydrogen-bond donors (Lipinski definition) is 0. The molecule has 5 heteroatoms. The van der Waals surface area contributed by atoms with Crippen molar-refractivity contribution in [1.82, 2.24) is 15.0 Å². The Labute approximate surface area is 105 Å². The summed E-state index contributed by atoms with van der Waals surface area (Å²) in [6.07, 6.45) is 1.76. The van der Waals surface area contributed by atoms with E-state index in [2.05, 4.69) is 10.3 Å². The Kier molecular flexibility index (Phi) is 3.72. The largest absolute Gasteiger partial charge is 0.425 e. The highest BCUT2D eigenvalue weighted by atomic mass is 16.5. The third-order valence-corrected chi connectivity index (χ3v) is 2.41. The molecule has 0 bridgehead atoms. The molecule has 1 aromatic carbocycles. The number of esters is 1. The van der Waals surface area contributed by atoms with Gasteiger partial charge in [0.2, 0.25) is 0 Å². The molecule has 2 aromatic rings. The normalized spacial score (nSPS) is 10.6. The van der Waals surface area contributed by atoms with Crippen molar-refractivity contribution in [2.45, 2.75) is 26.3 Å². The van der Waals surface area contributed by atoms with Crippen LogP contribution in [0, 0.1) is 0 Å². The maximum atomic E-state index is 11.7. The summed E-state index contributed by atoms with van der Waals surface area (Å²) in [6.45, 7) is 4.11. The number of nitrogens with zero attached hydrogens (tertiary/aromatic N) is 3. The summed E-state index contributed by atoms with van der Waals surface area (Å²) in [5.41, 5.74) is 0.863. The molecule has 1 aromatic heterocycles. The number of aromatic nitrogens is 3. The van der Waals surface area contributed by atoms with Crippen molar-refractivity contribution in [1.29, 1.82) is 0 Å². The third kappa shape index (κ3) is 3.16. The number of ether oxygens (including phenoxy) is 1. The summed E-state index contributed by atoms with van der Waals surface area (Å²) >= 11 is 0. The molecule has 18 heavy (non-hydrogen) atoms. The first kappa shape index (κ1) is 12.3. The minimum atomic E-state index is -0.360. The summed E-state index contributed by atoms with van der Waals surface area (Å²) < 4.78 is 6.65. The fraction of sp³-hybridized carbons (Fsp3) is 0.308. The average Bonchev–Trinajstić information content (AvgIpc) is 2.78. The second kappa shape index (κ2) is 5.44. The average molecular weight is 245 g/mol. The van der Waals surface area contributed by atoms with E-state index in [1.54, 1.807) is 18.3 Å². The lowest BCUT2D eigenvalue weighted by Gasteiger charge is -2.03. The number of hydrogen-bond acceptors (Lipinski definition) is 4. The van der Waals surface area contributed by atoms with E-state index in [0.717, 1.165) is 5.69 Å². The van der Waals surface area contributed by atoms with Crippen LogP contribution in [0.5, 0.6) is 5.75 Å². The molecule has 0 saturated carbocycles. The van der Waals surface area contributed by atoms with Crippen LogP contribution < -0.4 is 4.74 Å². The summed E-state index contributed by atoms with van der Waals surface area (Å²) in [5.74, 6) is 0.469. The van der Waals surface area contributed by atoms with E-state index in [4.69, 9.17) is 4.74 Å². The van der Waals surface area contributed by atoms with Crippen LogP contribution in [-0.2, 0) is 11.3 Å². The molecule has 0 spiro atoms. The molecule has 2 rings (SSSR count). The lowest BCUT2D eigenvalue weighted by molar-refractivity contribution is -0.135. The van der Waals surface area contributed by atoms with Crippen LogP contribution >= 0.6 is 0 Å². The van der Waals surface area contributed by atoms with Crippen molar-refractivity contribution < 1.29 is 9.53 Å². The fourth-order valence-electron chi connectivity index (χ4n) is 1.44. The Balaban J connectivity index is 1.95. The molecule has 94 valence electrons. The van der Waals surface area contributed by atoms with E-state index >= 15 is 0 Å². The summed E-state index contributed by atoms with van der Waals surface area (Å²) in [5, 5.41) is 7.87. The van der Waals surface area contributed by atoms with Gasteiger partial charge in [-0.25, -0.2) is 9.48 Å². The van der Waals surface area contributed by atoms with E-state index in [-0.39, 0.29) is 12.5 Å². The highest BCUT2D eigenvalue weighted by Crippen LogP contribution is 2.10. The van der Waals surface area contributed by atoms with Crippen molar-refractivity contribution in [3.8, 4) is 5.75 Å². The first-order chi connectivity index (χ1) is 8.65. The van der Waals surface area contributed by atoms with E-state index in [9.17, 15) is 4.79 Å². The second-order valence-corrected chi connectivity index (χ2v) is 4.28. The summed E-state index contributed by atoms with van der Waals surface area (Å²) in [6, 6.07) is 8.96. The van der Waals surface area contributed by atoms with Crippen molar-refractivity contribution in [2.75, 3.05) is 0 Å². The molecule has 0 unspecified atom stereocenters. The van der Waals surface area contributed by atoms with E-state index in [1.807, 2.05) is 32.0 Å². The maximum Gasteiger partial charge on any atom is 0.333 e. The van der Waals surface area contributed by atoms with Crippen molar-refractivity contribution >= 4 is 5.97 Å². The molecule has 5 nitrogen and oxygen atoms in total. The Bertz CT molecular complexity index is 520. The van der Waals surface area contributed by atoms with E-state index < -0.39 is 0 Å². The molecule has 0 N–H and O–H groups in total. The van der Waals surface area contributed by atoms with Gasteiger partial charge in [0.25, 0.3) is 0 Å². The Morgan fingerprint density at radius 2 is 2.06 bits per heavy atom. The van der Waals surface area contributed by atoms with Gasteiger partial charge < -0.3 is 4.74 Å². The van der Waals surface area contributed by atoms with Crippen LogP contribution in [0.15, 0.2) is 36.5 Å². The number of para-hydroxylation sites is 1. The second-order valence-electron chi connectivity index (χ2n) is 4.28. The van der Waals surface area contributed by atoms with Gasteiger partial charge in [0.05, 0.1) is 5.69 Å². The van der Waals surface area contributed by atoms with Crippen LogP contribution in [0.1, 0.15) is 25.5 Å². The predicted molar refractivity (Wildman–Crippen MR) is 66.2 cm³/mol. The van der Waals surface area contributed by atoms with Gasteiger partial charge in [-0.05, 0) is 18.1 Å². The molecule has 0 saturated heterocycles. The highest BCUT2D eigenvalue weighted by Gasteiger charge is 2.09. The van der Waals surface area contributed by atoms with Crippen molar-refractivity contribution in [3.05, 3.63) is 42.2 Å². The predicted octanol–water partition coefficient (Wildman–Crippen LogP) is 2.01. The molecule has 0 atom stereocenters.